The second kappa shape index (κ2) is 7.10. The van der Waals surface area contributed by atoms with Crippen molar-refractivity contribution in [3.63, 3.8) is 0 Å². The predicted molar refractivity (Wildman–Crippen MR) is 91.4 cm³/mol. The Balaban J connectivity index is 1.65. The van der Waals surface area contributed by atoms with Gasteiger partial charge in [0.25, 0.3) is 0 Å². The van der Waals surface area contributed by atoms with Crippen molar-refractivity contribution in [2.45, 2.75) is 50.0 Å². The minimum Gasteiger partial charge on any atom is -0.497 e. The molecule has 0 bridgehead atoms. The van der Waals surface area contributed by atoms with Crippen molar-refractivity contribution < 1.29 is 14.6 Å². The smallest absolute Gasteiger partial charge is 0.122 e. The number of hydrogen-bond acceptors (Lipinski definition) is 4. The number of likely N-dealkylation sites (tertiary alicyclic amines) is 1. The third kappa shape index (κ3) is 3.99. The maximum absolute atomic E-state index is 10.8. The molecule has 1 heterocycles. The lowest BCUT2D eigenvalue weighted by molar-refractivity contribution is -0.0216. The van der Waals surface area contributed by atoms with E-state index in [1.807, 2.05) is 6.07 Å². The molecule has 0 spiro atoms. The van der Waals surface area contributed by atoms with Crippen molar-refractivity contribution in [2.75, 3.05) is 33.9 Å². The lowest BCUT2D eigenvalue weighted by Gasteiger charge is -2.35. The first-order chi connectivity index (χ1) is 11.1. The normalized spacial score (nSPS) is 24.6. The van der Waals surface area contributed by atoms with E-state index in [1.54, 1.807) is 14.2 Å². The number of methoxy groups -OCH3 is 2. The Kier molecular flexibility index (Phi) is 5.12. The Hall–Kier alpha value is -1.26. The van der Waals surface area contributed by atoms with Gasteiger partial charge in [-0.3, -0.25) is 4.90 Å². The Morgan fingerprint density at radius 3 is 2.35 bits per heavy atom. The van der Waals surface area contributed by atoms with Crippen molar-refractivity contribution >= 4 is 0 Å². The molecule has 2 fully saturated rings. The van der Waals surface area contributed by atoms with Crippen molar-refractivity contribution in [1.29, 1.82) is 0 Å². The number of β-amino-alcohol motifs (C(OH)–C–C–N with tert-alkyl or cyclic N) is 1. The molecule has 4 heteroatoms. The van der Waals surface area contributed by atoms with Crippen molar-refractivity contribution in [1.82, 2.24) is 4.90 Å². The number of aliphatic hydroxyl groups is 1. The fourth-order valence-corrected chi connectivity index (χ4v) is 4.10. The molecule has 1 aromatic rings. The minimum atomic E-state index is -0.459. The number of rotatable bonds is 5. The largest absolute Gasteiger partial charge is 0.497 e. The van der Waals surface area contributed by atoms with Crippen LogP contribution in [-0.4, -0.2) is 49.5 Å². The lowest BCUT2D eigenvalue weighted by atomic mass is 9.84. The third-order valence-corrected chi connectivity index (χ3v) is 5.42. The summed E-state index contributed by atoms with van der Waals surface area (Å²) < 4.78 is 10.8. The van der Waals surface area contributed by atoms with Crippen molar-refractivity contribution in [3.8, 4) is 11.5 Å². The first-order valence-corrected chi connectivity index (χ1v) is 8.79. The molecule has 1 aliphatic carbocycles. The Morgan fingerprint density at radius 2 is 1.74 bits per heavy atom. The maximum Gasteiger partial charge on any atom is 0.122 e. The molecular weight excluding hydrogens is 290 g/mol. The number of hydrogen-bond donors (Lipinski definition) is 1. The molecule has 1 aromatic carbocycles. The SMILES string of the molecule is COc1cc(OC)cc(C2CCN(CC3(O)CCCCC3)C2)c1. The summed E-state index contributed by atoms with van der Waals surface area (Å²) in [4.78, 5) is 2.43. The van der Waals surface area contributed by atoms with Gasteiger partial charge >= 0.3 is 0 Å². The summed E-state index contributed by atoms with van der Waals surface area (Å²) in [5, 5.41) is 10.8. The maximum atomic E-state index is 10.8. The van der Waals surface area contributed by atoms with Gasteiger partial charge in [-0.25, -0.2) is 0 Å². The molecular formula is C19H29NO3. The third-order valence-electron chi connectivity index (χ3n) is 5.42. The van der Waals surface area contributed by atoms with E-state index < -0.39 is 5.60 Å². The van der Waals surface area contributed by atoms with Crippen LogP contribution in [0.2, 0.25) is 0 Å². The van der Waals surface area contributed by atoms with E-state index in [0.29, 0.717) is 5.92 Å². The average molecular weight is 319 g/mol. The first-order valence-electron chi connectivity index (χ1n) is 8.79. The monoisotopic (exact) mass is 319 g/mol. The summed E-state index contributed by atoms with van der Waals surface area (Å²) in [6.45, 7) is 2.90. The first kappa shape index (κ1) is 16.6. The summed E-state index contributed by atoms with van der Waals surface area (Å²) in [5.41, 5.74) is 0.818. The van der Waals surface area contributed by atoms with Gasteiger partial charge in [0.05, 0.1) is 19.8 Å². The van der Waals surface area contributed by atoms with Crippen LogP contribution in [0.25, 0.3) is 0 Å². The zero-order valence-electron chi connectivity index (χ0n) is 14.4. The van der Waals surface area contributed by atoms with Crippen LogP contribution in [-0.2, 0) is 0 Å². The molecule has 1 unspecified atom stereocenters. The van der Waals surface area contributed by atoms with E-state index in [0.717, 1.165) is 50.4 Å². The molecule has 1 saturated carbocycles. The number of nitrogens with zero attached hydrogens (tertiary/aromatic N) is 1. The highest BCUT2D eigenvalue weighted by Gasteiger charge is 2.34. The molecule has 1 aliphatic heterocycles. The summed E-state index contributed by atoms with van der Waals surface area (Å²) in [6, 6.07) is 6.15. The average Bonchev–Trinajstić information content (AvgIpc) is 3.02. The molecule has 23 heavy (non-hydrogen) atoms. The van der Waals surface area contributed by atoms with Crippen molar-refractivity contribution in [2.24, 2.45) is 0 Å². The zero-order chi connectivity index (χ0) is 16.3. The van der Waals surface area contributed by atoms with Gasteiger partial charge in [-0.1, -0.05) is 19.3 Å². The number of benzene rings is 1. The van der Waals surface area contributed by atoms with Crippen LogP contribution >= 0.6 is 0 Å². The van der Waals surface area contributed by atoms with Gasteiger partial charge in [-0.2, -0.15) is 0 Å². The summed E-state index contributed by atoms with van der Waals surface area (Å²) >= 11 is 0. The van der Waals surface area contributed by atoms with E-state index in [1.165, 1.54) is 24.8 Å². The lowest BCUT2D eigenvalue weighted by Crippen LogP contribution is -2.43. The van der Waals surface area contributed by atoms with Gasteiger partial charge in [-0.05, 0) is 49.4 Å². The summed E-state index contributed by atoms with van der Waals surface area (Å²) in [7, 11) is 3.39. The second-order valence-electron chi connectivity index (χ2n) is 7.15. The molecule has 2 aliphatic rings. The Morgan fingerprint density at radius 1 is 1.09 bits per heavy atom. The molecule has 1 N–H and O–H groups in total. The minimum absolute atomic E-state index is 0.459. The molecule has 0 aromatic heterocycles. The fraction of sp³-hybridized carbons (Fsp3) is 0.684. The van der Waals surface area contributed by atoms with E-state index in [2.05, 4.69) is 17.0 Å². The predicted octanol–water partition coefficient (Wildman–Crippen LogP) is 3.19. The van der Waals surface area contributed by atoms with Crippen molar-refractivity contribution in [3.05, 3.63) is 23.8 Å². The van der Waals surface area contributed by atoms with Gasteiger partial charge in [0, 0.05) is 19.2 Å². The fourth-order valence-electron chi connectivity index (χ4n) is 4.10. The molecule has 1 saturated heterocycles. The van der Waals surface area contributed by atoms with E-state index in [4.69, 9.17) is 9.47 Å². The van der Waals surface area contributed by atoms with Crippen LogP contribution in [0.1, 0.15) is 50.0 Å². The Labute approximate surface area is 139 Å². The molecule has 0 amide bonds. The number of ether oxygens (including phenoxy) is 2. The topological polar surface area (TPSA) is 41.9 Å². The van der Waals surface area contributed by atoms with Crippen LogP contribution in [0, 0.1) is 0 Å². The van der Waals surface area contributed by atoms with Gasteiger partial charge in [0.1, 0.15) is 11.5 Å². The highest BCUT2D eigenvalue weighted by atomic mass is 16.5. The van der Waals surface area contributed by atoms with Crippen LogP contribution in [0.5, 0.6) is 11.5 Å². The molecule has 1 atom stereocenters. The van der Waals surface area contributed by atoms with E-state index in [-0.39, 0.29) is 0 Å². The van der Waals surface area contributed by atoms with Gasteiger partial charge in [0.2, 0.25) is 0 Å². The quantitative estimate of drug-likeness (QED) is 0.905. The summed E-state index contributed by atoms with van der Waals surface area (Å²) in [6.07, 6.45) is 6.66. The van der Waals surface area contributed by atoms with Crippen LogP contribution < -0.4 is 9.47 Å². The molecule has 3 rings (SSSR count). The van der Waals surface area contributed by atoms with E-state index >= 15 is 0 Å². The highest BCUT2D eigenvalue weighted by molar-refractivity contribution is 5.40. The summed E-state index contributed by atoms with van der Waals surface area (Å²) in [5.74, 6) is 2.19. The van der Waals surface area contributed by atoms with Crippen LogP contribution in [0.3, 0.4) is 0 Å². The van der Waals surface area contributed by atoms with Crippen LogP contribution in [0.4, 0.5) is 0 Å². The second-order valence-corrected chi connectivity index (χ2v) is 7.15. The standard InChI is InChI=1S/C19H29NO3/c1-22-17-10-16(11-18(12-17)23-2)15-6-9-20(13-15)14-19(21)7-4-3-5-8-19/h10-12,15,21H,3-9,13-14H2,1-2H3. The van der Waals surface area contributed by atoms with Gasteiger partial charge in [0.15, 0.2) is 0 Å². The Bertz CT molecular complexity index is 503. The van der Waals surface area contributed by atoms with E-state index in [9.17, 15) is 5.11 Å². The molecule has 0 radical (unpaired) electrons. The zero-order valence-corrected chi connectivity index (χ0v) is 14.4. The van der Waals surface area contributed by atoms with Crippen LogP contribution in [0.15, 0.2) is 18.2 Å². The molecule has 128 valence electrons. The van der Waals surface area contributed by atoms with Gasteiger partial charge < -0.3 is 14.6 Å². The highest BCUT2D eigenvalue weighted by Crippen LogP contribution is 2.35. The van der Waals surface area contributed by atoms with Gasteiger partial charge in [-0.15, -0.1) is 0 Å². The molecule has 4 nitrogen and oxygen atoms in total.